The van der Waals surface area contributed by atoms with Gasteiger partial charge in [-0.2, -0.15) is 0 Å². The van der Waals surface area contributed by atoms with Gasteiger partial charge in [0.15, 0.2) is 0 Å². The number of carbonyl (C=O) groups excluding carboxylic acids is 3. The van der Waals surface area contributed by atoms with Crippen LogP contribution in [0.4, 0.5) is 9.59 Å². The van der Waals surface area contributed by atoms with Gasteiger partial charge < -0.3 is 19.5 Å². The van der Waals surface area contributed by atoms with Crippen molar-refractivity contribution in [1.29, 1.82) is 0 Å². The van der Waals surface area contributed by atoms with Crippen LogP contribution in [0.25, 0.3) is 0 Å². The van der Waals surface area contributed by atoms with Crippen LogP contribution in [-0.4, -0.2) is 59.9 Å². The van der Waals surface area contributed by atoms with Gasteiger partial charge in [-0.25, -0.2) is 14.5 Å². The zero-order chi connectivity index (χ0) is 30.3. The van der Waals surface area contributed by atoms with Crippen molar-refractivity contribution in [3.8, 4) is 0 Å². The molecule has 2 rings (SSSR count). The third-order valence-corrected chi connectivity index (χ3v) is 7.65. The second-order valence-corrected chi connectivity index (χ2v) is 11.4. The molecule has 1 aliphatic heterocycles. The zero-order valence-electron chi connectivity index (χ0n) is 26.2. The predicted molar refractivity (Wildman–Crippen MR) is 164 cm³/mol. The number of carbonyl (C=O) groups is 3. The predicted octanol–water partition coefficient (Wildman–Crippen LogP) is 7.71. The minimum atomic E-state index is -0.732. The first-order valence-electron chi connectivity index (χ1n) is 16.4. The van der Waals surface area contributed by atoms with E-state index in [0.29, 0.717) is 18.7 Å². The Bertz CT molecular complexity index is 863. The molecule has 42 heavy (non-hydrogen) atoms. The number of amides is 3. The lowest BCUT2D eigenvalue weighted by Crippen LogP contribution is -2.45. The molecule has 0 spiro atoms. The number of nitrogens with one attached hydrogen (secondary N) is 1. The van der Waals surface area contributed by atoms with Crippen molar-refractivity contribution < 1.29 is 28.6 Å². The molecule has 1 aliphatic rings. The van der Waals surface area contributed by atoms with E-state index in [-0.39, 0.29) is 32.0 Å². The molecule has 9 nitrogen and oxygen atoms in total. The standard InChI is InChI=1S/C33H55N3O6/c1-3-4-5-6-7-8-9-10-11-12-13-14-15-16-17-19-23-35-32(38)40-26-30-24-31(42-30)27-41-33(39)36(28(2)37)25-29-21-18-20-22-34-29/h18,20-22,30-31H,3-17,19,23-27H2,1-2H3,(H,35,38)/t30-,31-/m1/s1. The number of hydrogen-bond acceptors (Lipinski definition) is 7. The Morgan fingerprint density at radius 3 is 1.86 bits per heavy atom. The van der Waals surface area contributed by atoms with Gasteiger partial charge in [0.1, 0.15) is 13.2 Å². The first kappa shape index (κ1) is 35.5. The van der Waals surface area contributed by atoms with E-state index >= 15 is 0 Å². The number of hydrogen-bond donors (Lipinski definition) is 1. The molecule has 0 aromatic carbocycles. The van der Waals surface area contributed by atoms with Crippen LogP contribution in [0.5, 0.6) is 0 Å². The number of aromatic nitrogens is 1. The van der Waals surface area contributed by atoms with Crippen LogP contribution in [0.15, 0.2) is 24.4 Å². The third-order valence-electron chi connectivity index (χ3n) is 7.65. The summed E-state index contributed by atoms with van der Waals surface area (Å²) in [5.74, 6) is -0.419. The van der Waals surface area contributed by atoms with Gasteiger partial charge in [0.05, 0.1) is 24.4 Å². The number of pyridine rings is 1. The second kappa shape index (κ2) is 22.9. The van der Waals surface area contributed by atoms with E-state index in [1.165, 1.54) is 96.8 Å². The topological polar surface area (TPSA) is 107 Å². The van der Waals surface area contributed by atoms with E-state index in [1.54, 1.807) is 24.4 Å². The molecule has 1 N–H and O–H groups in total. The average Bonchev–Trinajstić information content (AvgIpc) is 2.96. The fourth-order valence-electron chi connectivity index (χ4n) is 5.05. The van der Waals surface area contributed by atoms with Crippen molar-refractivity contribution in [2.45, 2.75) is 142 Å². The molecular weight excluding hydrogens is 534 g/mol. The first-order chi connectivity index (χ1) is 20.5. The molecule has 0 radical (unpaired) electrons. The number of imide groups is 1. The fourth-order valence-corrected chi connectivity index (χ4v) is 5.05. The molecule has 0 bridgehead atoms. The van der Waals surface area contributed by atoms with Gasteiger partial charge >= 0.3 is 12.2 Å². The van der Waals surface area contributed by atoms with Crippen LogP contribution in [-0.2, 0) is 25.5 Å². The van der Waals surface area contributed by atoms with E-state index in [0.717, 1.165) is 17.7 Å². The Kier molecular flexibility index (Phi) is 19.3. The number of nitrogens with zero attached hydrogens (tertiary/aromatic N) is 2. The molecule has 1 aromatic rings. The summed E-state index contributed by atoms with van der Waals surface area (Å²) in [5.41, 5.74) is 0.592. The summed E-state index contributed by atoms with van der Waals surface area (Å²) >= 11 is 0. The minimum absolute atomic E-state index is 0.0345. The normalized spacial score (nSPS) is 16.0. The summed E-state index contributed by atoms with van der Waals surface area (Å²) in [7, 11) is 0. The van der Waals surface area contributed by atoms with Crippen LogP contribution in [0.3, 0.4) is 0 Å². The monoisotopic (exact) mass is 589 g/mol. The summed E-state index contributed by atoms with van der Waals surface area (Å²) in [6.45, 7) is 4.44. The highest BCUT2D eigenvalue weighted by Crippen LogP contribution is 2.21. The van der Waals surface area contributed by atoms with Crippen molar-refractivity contribution in [1.82, 2.24) is 15.2 Å². The Hall–Kier alpha value is -2.68. The first-order valence-corrected chi connectivity index (χ1v) is 16.4. The fraction of sp³-hybridized carbons (Fsp3) is 0.758. The quantitative estimate of drug-likeness (QED) is 0.130. The highest BCUT2D eigenvalue weighted by atomic mass is 16.6. The molecule has 0 saturated carbocycles. The van der Waals surface area contributed by atoms with E-state index < -0.39 is 18.1 Å². The van der Waals surface area contributed by atoms with Crippen LogP contribution in [0.2, 0.25) is 0 Å². The molecule has 2 heterocycles. The maximum absolute atomic E-state index is 12.3. The zero-order valence-corrected chi connectivity index (χ0v) is 26.2. The highest BCUT2D eigenvalue weighted by Gasteiger charge is 2.33. The lowest BCUT2D eigenvalue weighted by atomic mass is 10.0. The van der Waals surface area contributed by atoms with Gasteiger partial charge in [0.25, 0.3) is 0 Å². The summed E-state index contributed by atoms with van der Waals surface area (Å²) in [4.78, 5) is 41.3. The average molecular weight is 590 g/mol. The number of ether oxygens (including phenoxy) is 3. The molecule has 0 unspecified atom stereocenters. The number of unbranched alkanes of at least 4 members (excludes halogenated alkanes) is 15. The molecule has 1 fully saturated rings. The molecular formula is C33H55N3O6. The second-order valence-electron chi connectivity index (χ2n) is 11.4. The van der Waals surface area contributed by atoms with Gasteiger partial charge in [-0.15, -0.1) is 0 Å². The maximum atomic E-state index is 12.3. The van der Waals surface area contributed by atoms with Crippen molar-refractivity contribution in [2.24, 2.45) is 0 Å². The number of alkyl carbamates (subject to hydrolysis) is 1. The summed E-state index contributed by atoms with van der Waals surface area (Å²) in [5, 5.41) is 2.80. The maximum Gasteiger partial charge on any atom is 0.416 e. The van der Waals surface area contributed by atoms with Gasteiger partial charge in [-0.3, -0.25) is 9.78 Å². The number of rotatable bonds is 23. The Morgan fingerprint density at radius 1 is 0.833 bits per heavy atom. The van der Waals surface area contributed by atoms with Crippen LogP contribution >= 0.6 is 0 Å². The van der Waals surface area contributed by atoms with Crippen LogP contribution in [0.1, 0.15) is 129 Å². The molecule has 3 amide bonds. The van der Waals surface area contributed by atoms with Crippen LogP contribution < -0.4 is 5.32 Å². The Balaban J connectivity index is 1.35. The lowest BCUT2D eigenvalue weighted by molar-refractivity contribution is -0.160. The van der Waals surface area contributed by atoms with Gasteiger partial charge in [-0.05, 0) is 18.6 Å². The SMILES string of the molecule is CCCCCCCCCCCCCCCCCCNC(=O)OC[C@H]1C[C@H](COC(=O)N(Cc2ccccn2)C(C)=O)O1. The van der Waals surface area contributed by atoms with Crippen molar-refractivity contribution in [2.75, 3.05) is 19.8 Å². The van der Waals surface area contributed by atoms with Crippen molar-refractivity contribution in [3.63, 3.8) is 0 Å². The third kappa shape index (κ3) is 16.7. The van der Waals surface area contributed by atoms with Crippen molar-refractivity contribution in [3.05, 3.63) is 30.1 Å². The van der Waals surface area contributed by atoms with E-state index in [4.69, 9.17) is 14.2 Å². The van der Waals surface area contributed by atoms with E-state index in [2.05, 4.69) is 17.2 Å². The molecule has 1 saturated heterocycles. The smallest absolute Gasteiger partial charge is 0.416 e. The van der Waals surface area contributed by atoms with Gasteiger partial charge in [-0.1, -0.05) is 109 Å². The van der Waals surface area contributed by atoms with Crippen LogP contribution in [0, 0.1) is 0 Å². The summed E-state index contributed by atoms with van der Waals surface area (Å²) in [6, 6.07) is 5.29. The summed E-state index contributed by atoms with van der Waals surface area (Å²) < 4.78 is 16.1. The Morgan fingerprint density at radius 2 is 1.36 bits per heavy atom. The van der Waals surface area contributed by atoms with Crippen molar-refractivity contribution >= 4 is 18.1 Å². The largest absolute Gasteiger partial charge is 0.447 e. The highest BCUT2D eigenvalue weighted by molar-refractivity contribution is 5.90. The molecule has 2 atom stereocenters. The van der Waals surface area contributed by atoms with E-state index in [9.17, 15) is 14.4 Å². The van der Waals surface area contributed by atoms with Gasteiger partial charge in [0, 0.05) is 26.1 Å². The van der Waals surface area contributed by atoms with E-state index in [1.807, 2.05) is 0 Å². The molecule has 1 aromatic heterocycles. The molecule has 9 heteroatoms. The summed E-state index contributed by atoms with van der Waals surface area (Å²) in [6.07, 6.45) is 21.7. The minimum Gasteiger partial charge on any atom is -0.447 e. The van der Waals surface area contributed by atoms with Gasteiger partial charge in [0.2, 0.25) is 5.91 Å². The lowest BCUT2D eigenvalue weighted by Gasteiger charge is -2.35. The Labute approximate surface area is 253 Å². The molecule has 238 valence electrons. The molecule has 0 aliphatic carbocycles.